The van der Waals surface area contributed by atoms with Crippen LogP contribution in [0.4, 0.5) is 0 Å². The molecule has 0 bridgehead atoms. The van der Waals surface area contributed by atoms with Crippen molar-refractivity contribution in [2.45, 2.75) is 6.42 Å². The van der Waals surface area contributed by atoms with Gasteiger partial charge in [-0.25, -0.2) is 0 Å². The van der Waals surface area contributed by atoms with Gasteiger partial charge in [0.25, 0.3) is 0 Å². The molecule has 2 N–H and O–H groups in total. The number of hydrogen-bond donors (Lipinski definition) is 2. The molecule has 10 heavy (non-hydrogen) atoms. The molecule has 0 saturated carbocycles. The van der Waals surface area contributed by atoms with Crippen LogP contribution in [-0.4, -0.2) is 24.4 Å². The molecule has 0 radical (unpaired) electrons. The first-order chi connectivity index (χ1) is 4.50. The van der Waals surface area contributed by atoms with Crippen molar-refractivity contribution >= 4 is 0 Å². The number of rotatable bonds is 0. The van der Waals surface area contributed by atoms with Gasteiger partial charge in [0.1, 0.15) is 0 Å². The van der Waals surface area contributed by atoms with Crippen molar-refractivity contribution in [1.29, 1.82) is 0 Å². The first-order valence-corrected chi connectivity index (χ1v) is 2.71. The van der Waals surface area contributed by atoms with Crippen molar-refractivity contribution in [3.05, 3.63) is 24.3 Å². The number of allylic oxidation sites excluding steroid dienone is 4. The predicted molar refractivity (Wildman–Crippen MR) is 39.2 cm³/mol. The van der Waals surface area contributed by atoms with Crippen LogP contribution in [0.15, 0.2) is 24.3 Å². The molecule has 0 aromatic carbocycles. The van der Waals surface area contributed by atoms with E-state index in [1.54, 1.807) is 0 Å². The first kappa shape index (κ1) is 16.7. The summed E-state index contributed by atoms with van der Waals surface area (Å²) in [4.78, 5) is 0. The molecule has 58 valence electrons. The van der Waals surface area contributed by atoms with Crippen molar-refractivity contribution in [2.24, 2.45) is 0 Å². The Morgan fingerprint density at radius 3 is 1.30 bits per heavy atom. The molecule has 0 aromatic rings. The van der Waals surface area contributed by atoms with Crippen molar-refractivity contribution in [3.8, 4) is 0 Å². The largest absolute Gasteiger partial charge is 0.400 e. The maximum Gasteiger partial charge on any atom is 0.0319 e. The van der Waals surface area contributed by atoms with E-state index in [1.807, 2.05) is 0 Å². The van der Waals surface area contributed by atoms with Crippen molar-refractivity contribution < 1.29 is 36.4 Å². The third-order valence-corrected chi connectivity index (χ3v) is 0.655. The molecule has 0 aromatic heterocycles. The van der Waals surface area contributed by atoms with E-state index < -0.39 is 0 Å². The third-order valence-electron chi connectivity index (χ3n) is 0.655. The van der Waals surface area contributed by atoms with Gasteiger partial charge in [-0.1, -0.05) is 24.3 Å². The molecule has 0 unspecified atom stereocenters. The predicted octanol–water partition coefficient (Wildman–Crippen LogP) is 0.717. The van der Waals surface area contributed by atoms with E-state index in [0.29, 0.717) is 0 Å². The van der Waals surface area contributed by atoms with Gasteiger partial charge < -0.3 is 10.2 Å². The minimum absolute atomic E-state index is 0. The zero-order chi connectivity index (χ0) is 7.54. The Kier molecular flexibility index (Phi) is 38.1. The average molecular weight is 221 g/mol. The van der Waals surface area contributed by atoms with Crippen LogP contribution in [0.5, 0.6) is 0 Å². The zero-order valence-corrected chi connectivity index (χ0v) is 8.87. The van der Waals surface area contributed by atoms with Gasteiger partial charge in [0.2, 0.25) is 0 Å². The molecule has 0 spiro atoms. The molecule has 1 aliphatic rings. The second kappa shape index (κ2) is 22.8. The molecule has 0 fully saturated rings. The van der Waals surface area contributed by atoms with Crippen LogP contribution < -0.4 is 0 Å². The van der Waals surface area contributed by atoms with Crippen LogP contribution in [-0.2, 0) is 26.2 Å². The molecule has 0 amide bonds. The fraction of sp³-hybridized carbons (Fsp3) is 0.429. The first-order valence-electron chi connectivity index (χ1n) is 2.71. The summed E-state index contributed by atoms with van der Waals surface area (Å²) in [5, 5.41) is 14.0. The van der Waals surface area contributed by atoms with E-state index in [0.717, 1.165) is 20.6 Å². The van der Waals surface area contributed by atoms with Gasteiger partial charge in [0.15, 0.2) is 0 Å². The van der Waals surface area contributed by atoms with Crippen LogP contribution in [0.25, 0.3) is 0 Å². The Balaban J connectivity index is -0.0000000875. The summed E-state index contributed by atoms with van der Waals surface area (Å²) < 4.78 is 0. The zero-order valence-electron chi connectivity index (χ0n) is 6.41. The monoisotopic (exact) mass is 220 g/mol. The molecular formula is C7H14O2Zr. The molecule has 0 heterocycles. The molecule has 0 saturated heterocycles. The normalized spacial score (nSPS) is 10.0. The summed E-state index contributed by atoms with van der Waals surface area (Å²) in [5.74, 6) is 0. The molecule has 2 nitrogen and oxygen atoms in total. The van der Waals surface area contributed by atoms with Crippen LogP contribution in [0.3, 0.4) is 0 Å². The summed E-state index contributed by atoms with van der Waals surface area (Å²) >= 11 is 0. The van der Waals surface area contributed by atoms with Crippen molar-refractivity contribution in [3.63, 3.8) is 0 Å². The standard InChI is InChI=1S/C5H6.2CH4O.Zr/c1-2-4-5-3-1;2*1-2;/h1-4H,5H2;2*2H,1H3;. The smallest absolute Gasteiger partial charge is 0.0319 e. The molecule has 3 heteroatoms. The van der Waals surface area contributed by atoms with E-state index in [1.165, 1.54) is 0 Å². The molecule has 0 atom stereocenters. The van der Waals surface area contributed by atoms with Gasteiger partial charge in [-0.15, -0.1) is 0 Å². The van der Waals surface area contributed by atoms with Gasteiger partial charge >= 0.3 is 0 Å². The van der Waals surface area contributed by atoms with Crippen LogP contribution >= 0.6 is 0 Å². The Morgan fingerprint density at radius 2 is 1.20 bits per heavy atom. The maximum atomic E-state index is 7.00. The summed E-state index contributed by atoms with van der Waals surface area (Å²) in [7, 11) is 2.00. The molecule has 1 aliphatic carbocycles. The Hall–Kier alpha value is 0.283. The van der Waals surface area contributed by atoms with Gasteiger partial charge in [0, 0.05) is 40.4 Å². The van der Waals surface area contributed by atoms with Gasteiger partial charge in [-0.05, 0) is 6.42 Å². The average Bonchev–Trinajstić information content (AvgIpc) is 2.51. The summed E-state index contributed by atoms with van der Waals surface area (Å²) in [6.07, 6.45) is 9.50. The molecule has 0 aliphatic heterocycles. The van der Waals surface area contributed by atoms with E-state index in [4.69, 9.17) is 10.2 Å². The second-order valence-electron chi connectivity index (χ2n) is 1.09. The van der Waals surface area contributed by atoms with Crippen LogP contribution in [0, 0.1) is 0 Å². The Labute approximate surface area is 81.4 Å². The fourth-order valence-electron chi connectivity index (χ4n) is 0.393. The fourth-order valence-corrected chi connectivity index (χ4v) is 0.393. The topological polar surface area (TPSA) is 40.5 Å². The minimum Gasteiger partial charge on any atom is -0.400 e. The van der Waals surface area contributed by atoms with Crippen LogP contribution in [0.1, 0.15) is 6.42 Å². The minimum atomic E-state index is 0. The number of aliphatic hydroxyl groups excluding tert-OH is 2. The summed E-state index contributed by atoms with van der Waals surface area (Å²) in [5.41, 5.74) is 0. The van der Waals surface area contributed by atoms with E-state index in [-0.39, 0.29) is 26.2 Å². The van der Waals surface area contributed by atoms with E-state index in [9.17, 15) is 0 Å². The molecular weight excluding hydrogens is 207 g/mol. The quantitative estimate of drug-likeness (QED) is 0.633. The maximum absolute atomic E-state index is 7.00. The third kappa shape index (κ3) is 15.7. The SMILES string of the molecule is C1=CCC=C1.CO.CO.[Zr]. The second-order valence-corrected chi connectivity index (χ2v) is 1.09. The van der Waals surface area contributed by atoms with Crippen molar-refractivity contribution in [2.75, 3.05) is 14.2 Å². The summed E-state index contributed by atoms with van der Waals surface area (Å²) in [6.45, 7) is 0. The Morgan fingerprint density at radius 1 is 0.900 bits per heavy atom. The van der Waals surface area contributed by atoms with Gasteiger partial charge in [-0.2, -0.15) is 0 Å². The summed E-state index contributed by atoms with van der Waals surface area (Å²) in [6, 6.07) is 0. The van der Waals surface area contributed by atoms with Crippen molar-refractivity contribution in [1.82, 2.24) is 0 Å². The van der Waals surface area contributed by atoms with Gasteiger partial charge in [-0.3, -0.25) is 0 Å². The Bertz CT molecular complexity index is 69.7. The number of hydrogen-bond acceptors (Lipinski definition) is 2. The number of aliphatic hydroxyl groups is 2. The van der Waals surface area contributed by atoms with Crippen LogP contribution in [0.2, 0.25) is 0 Å². The molecule has 1 rings (SSSR count). The van der Waals surface area contributed by atoms with Gasteiger partial charge in [0.05, 0.1) is 0 Å². The van der Waals surface area contributed by atoms with E-state index in [2.05, 4.69) is 24.3 Å². The van der Waals surface area contributed by atoms with E-state index >= 15 is 0 Å².